The van der Waals surface area contributed by atoms with Gasteiger partial charge in [0, 0.05) is 21.3 Å². The molecule has 0 aliphatic carbocycles. The minimum Gasteiger partial charge on any atom is -0.493 e. The highest BCUT2D eigenvalue weighted by Gasteiger charge is 2.42. The highest BCUT2D eigenvalue weighted by atomic mass is 35.5. The largest absolute Gasteiger partial charge is 0.493 e. The van der Waals surface area contributed by atoms with Crippen molar-refractivity contribution in [2.45, 2.75) is 13.0 Å². The van der Waals surface area contributed by atoms with E-state index in [-0.39, 0.29) is 0 Å². The number of fused-ring (bicyclic) bond motifs is 4. The third-order valence-electron chi connectivity index (χ3n) is 7.77. The molecule has 0 fully saturated rings. The van der Waals surface area contributed by atoms with E-state index in [1.165, 1.54) is 0 Å². The van der Waals surface area contributed by atoms with Crippen LogP contribution in [-0.2, 0) is 0 Å². The highest BCUT2D eigenvalue weighted by Crippen LogP contribution is 2.50. The fraction of sp³-hybridized carbons (Fsp3) is 0.147. The maximum absolute atomic E-state index is 6.38. The van der Waals surface area contributed by atoms with Gasteiger partial charge in [0.25, 0.3) is 0 Å². The van der Waals surface area contributed by atoms with E-state index in [0.29, 0.717) is 50.5 Å². The number of ether oxygens (including phenoxy) is 3. The lowest BCUT2D eigenvalue weighted by Gasteiger charge is -2.40. The normalized spacial score (nSPS) is 14.9. The molecule has 2 aliphatic heterocycles. The minimum atomic E-state index is -0.407. The number of aromatic nitrogens is 2. The van der Waals surface area contributed by atoms with Gasteiger partial charge in [0.1, 0.15) is 0 Å². The summed E-state index contributed by atoms with van der Waals surface area (Å²) >= 11 is 12.8. The van der Waals surface area contributed by atoms with Gasteiger partial charge in [0.15, 0.2) is 29.0 Å². The fourth-order valence-corrected chi connectivity index (χ4v) is 6.41. The van der Waals surface area contributed by atoms with Crippen LogP contribution in [0.5, 0.6) is 17.2 Å². The average molecular weight is 640 g/mol. The summed E-state index contributed by atoms with van der Waals surface area (Å²) in [7, 11) is 4.81. The van der Waals surface area contributed by atoms with E-state index in [9.17, 15) is 0 Å². The van der Waals surface area contributed by atoms with Crippen LogP contribution in [0.2, 0.25) is 10.0 Å². The first-order valence-electron chi connectivity index (χ1n) is 14.1. The van der Waals surface area contributed by atoms with Crippen LogP contribution in [0.1, 0.15) is 22.9 Å². The highest BCUT2D eigenvalue weighted by molar-refractivity contribution is 6.52. The molecule has 0 spiro atoms. The lowest BCUT2D eigenvalue weighted by molar-refractivity contribution is 0.323. The van der Waals surface area contributed by atoms with Crippen molar-refractivity contribution in [2.24, 2.45) is 9.98 Å². The summed E-state index contributed by atoms with van der Waals surface area (Å²) in [6.45, 7) is 2.00. The van der Waals surface area contributed by atoms with E-state index < -0.39 is 6.04 Å². The van der Waals surface area contributed by atoms with Crippen molar-refractivity contribution in [2.75, 3.05) is 31.5 Å². The van der Waals surface area contributed by atoms with Gasteiger partial charge in [0.05, 0.1) is 50.1 Å². The van der Waals surface area contributed by atoms with Crippen molar-refractivity contribution in [1.82, 2.24) is 9.78 Å². The predicted octanol–water partition coefficient (Wildman–Crippen LogP) is 8.31. The molecule has 7 rings (SSSR count). The Morgan fingerprint density at radius 3 is 2.11 bits per heavy atom. The maximum atomic E-state index is 6.38. The zero-order valence-electron chi connectivity index (χ0n) is 24.9. The van der Waals surface area contributed by atoms with Gasteiger partial charge in [-0.25, -0.2) is 14.7 Å². The number of nitrogens with one attached hydrogen (secondary N) is 1. The topological polar surface area (TPSA) is 85.5 Å². The van der Waals surface area contributed by atoms with Gasteiger partial charge in [-0.1, -0.05) is 53.5 Å². The SMILES string of the molecule is COc1cc(C2c3c(C)nn(-c4ccccc4)c3N=C3C(Nc4cc(Cl)cc(Cl)c4)=Nc4ccccc4N32)cc(OC)c1OC. The molecule has 1 aromatic heterocycles. The maximum Gasteiger partial charge on any atom is 0.203 e. The van der Waals surface area contributed by atoms with Crippen LogP contribution < -0.4 is 24.4 Å². The number of benzene rings is 4. The van der Waals surface area contributed by atoms with Gasteiger partial charge in [-0.2, -0.15) is 5.10 Å². The summed E-state index contributed by atoms with van der Waals surface area (Å²) in [6.07, 6.45) is 0. The first-order chi connectivity index (χ1) is 21.9. The summed E-state index contributed by atoms with van der Waals surface area (Å²) in [5, 5.41) is 9.45. The van der Waals surface area contributed by atoms with E-state index in [1.807, 2.05) is 78.3 Å². The first kappa shape index (κ1) is 28.8. The number of aryl methyl sites for hydroxylation is 1. The standard InChI is InChI=1S/C34H28Cl2N6O3/c1-19-29-30(20-14-27(43-2)31(45-4)28(15-20)44-3)41-26-13-9-8-12-25(26)38-32(37-23-17-21(35)16-22(36)18-23)34(41)39-33(29)42(40-19)24-10-6-5-7-11-24/h5-18,30H,1-4H3,(H,37,38). The molecular formula is C34H28Cl2N6O3. The van der Waals surface area contributed by atoms with Crippen LogP contribution in [0.15, 0.2) is 94.9 Å². The number of anilines is 2. The van der Waals surface area contributed by atoms with Gasteiger partial charge < -0.3 is 24.4 Å². The summed E-state index contributed by atoms with van der Waals surface area (Å²) in [5.74, 6) is 3.38. The molecule has 2 aliphatic rings. The lowest BCUT2D eigenvalue weighted by atomic mass is 9.92. The summed E-state index contributed by atoms with van der Waals surface area (Å²) in [5.41, 5.74) is 5.84. The van der Waals surface area contributed by atoms with Gasteiger partial charge in [-0.05, 0) is 67.1 Å². The Hall–Kier alpha value is -4.99. The molecule has 5 aromatic rings. The van der Waals surface area contributed by atoms with E-state index in [0.717, 1.165) is 33.9 Å². The number of methoxy groups -OCH3 is 3. The van der Waals surface area contributed by atoms with Crippen molar-refractivity contribution >= 4 is 57.8 Å². The first-order valence-corrected chi connectivity index (χ1v) is 14.9. The molecule has 0 bridgehead atoms. The Bertz CT molecular complexity index is 1960. The number of para-hydroxylation sites is 3. The number of halogens is 2. The number of hydrogen-bond acceptors (Lipinski definition) is 8. The zero-order valence-corrected chi connectivity index (χ0v) is 26.4. The van der Waals surface area contributed by atoms with E-state index >= 15 is 0 Å². The van der Waals surface area contributed by atoms with Crippen LogP contribution in [0, 0.1) is 6.92 Å². The molecule has 1 unspecified atom stereocenters. The summed E-state index contributed by atoms with van der Waals surface area (Å²) in [4.78, 5) is 12.5. The molecule has 1 N–H and O–H groups in total. The van der Waals surface area contributed by atoms with Crippen molar-refractivity contribution in [3.8, 4) is 22.9 Å². The molecule has 1 atom stereocenters. The fourth-order valence-electron chi connectivity index (χ4n) is 5.88. The Kier molecular flexibility index (Phi) is 7.35. The Morgan fingerprint density at radius 2 is 1.44 bits per heavy atom. The van der Waals surface area contributed by atoms with Crippen molar-refractivity contribution in [3.05, 3.63) is 112 Å². The number of aliphatic imine (C=N–C) groups is 2. The Balaban J connectivity index is 1.52. The van der Waals surface area contributed by atoms with E-state index in [2.05, 4.69) is 10.2 Å². The van der Waals surface area contributed by atoms with Crippen molar-refractivity contribution in [1.29, 1.82) is 0 Å². The molecule has 0 saturated carbocycles. The predicted molar refractivity (Wildman–Crippen MR) is 179 cm³/mol. The molecule has 4 aromatic carbocycles. The van der Waals surface area contributed by atoms with Crippen molar-refractivity contribution < 1.29 is 14.2 Å². The van der Waals surface area contributed by atoms with Gasteiger partial charge in [-0.15, -0.1) is 0 Å². The van der Waals surface area contributed by atoms with Crippen LogP contribution in [0.4, 0.5) is 22.9 Å². The van der Waals surface area contributed by atoms with E-state index in [1.54, 1.807) is 39.5 Å². The molecule has 11 heteroatoms. The van der Waals surface area contributed by atoms with Crippen molar-refractivity contribution in [3.63, 3.8) is 0 Å². The number of nitrogens with zero attached hydrogens (tertiary/aromatic N) is 5. The summed E-state index contributed by atoms with van der Waals surface area (Å²) < 4.78 is 19.1. The molecule has 9 nitrogen and oxygen atoms in total. The average Bonchev–Trinajstić information content (AvgIpc) is 3.38. The number of hydrogen-bond donors (Lipinski definition) is 1. The lowest BCUT2D eigenvalue weighted by Crippen LogP contribution is -2.46. The van der Waals surface area contributed by atoms with Crippen LogP contribution >= 0.6 is 23.2 Å². The minimum absolute atomic E-state index is 0.407. The van der Waals surface area contributed by atoms with Gasteiger partial charge >= 0.3 is 0 Å². The molecule has 0 amide bonds. The zero-order chi connectivity index (χ0) is 31.2. The number of amidine groups is 2. The molecule has 3 heterocycles. The second kappa shape index (κ2) is 11.5. The van der Waals surface area contributed by atoms with Gasteiger partial charge in [-0.3, -0.25) is 0 Å². The third kappa shape index (κ3) is 4.94. The van der Waals surface area contributed by atoms with Crippen LogP contribution in [0.25, 0.3) is 5.69 Å². The third-order valence-corrected chi connectivity index (χ3v) is 8.20. The number of rotatable bonds is 6. The smallest absolute Gasteiger partial charge is 0.203 e. The summed E-state index contributed by atoms with van der Waals surface area (Å²) in [6, 6.07) is 26.7. The van der Waals surface area contributed by atoms with Crippen LogP contribution in [0.3, 0.4) is 0 Å². The monoisotopic (exact) mass is 638 g/mol. The molecule has 226 valence electrons. The van der Waals surface area contributed by atoms with Gasteiger partial charge in [0.2, 0.25) is 5.75 Å². The Morgan fingerprint density at radius 1 is 0.778 bits per heavy atom. The Labute approximate surface area is 270 Å². The second-order valence-electron chi connectivity index (χ2n) is 10.5. The van der Waals surface area contributed by atoms with Crippen LogP contribution in [-0.4, -0.2) is 42.8 Å². The van der Waals surface area contributed by atoms with E-state index in [4.69, 9.17) is 52.5 Å². The quantitative estimate of drug-likeness (QED) is 0.201. The second-order valence-corrected chi connectivity index (χ2v) is 11.3. The molecule has 0 saturated heterocycles. The molecule has 45 heavy (non-hydrogen) atoms. The molecular weight excluding hydrogens is 611 g/mol. The molecule has 0 radical (unpaired) electrons.